The Morgan fingerprint density at radius 3 is 2.48 bits per heavy atom. The molecule has 0 spiro atoms. The summed E-state index contributed by atoms with van der Waals surface area (Å²) in [6, 6.07) is 13.5. The fraction of sp³-hybridized carbons (Fsp3) is 0.280. The summed E-state index contributed by atoms with van der Waals surface area (Å²) in [5, 5.41) is 10.6. The number of aliphatic imine (C=N–C) groups is 1. The van der Waals surface area contributed by atoms with Crippen molar-refractivity contribution in [3.63, 3.8) is 0 Å². The first kappa shape index (κ1) is 20.9. The van der Waals surface area contributed by atoms with Crippen molar-refractivity contribution in [1.82, 2.24) is 9.88 Å². The number of aromatic amines is 1. The summed E-state index contributed by atoms with van der Waals surface area (Å²) in [5.41, 5.74) is 5.75. The number of hydrogen-bond acceptors (Lipinski definition) is 4. The Labute approximate surface area is 182 Å². The summed E-state index contributed by atoms with van der Waals surface area (Å²) in [5.74, 6) is 0.382. The predicted octanol–water partition coefficient (Wildman–Crippen LogP) is 4.33. The molecule has 2 heterocycles. The lowest BCUT2D eigenvalue weighted by Gasteiger charge is -2.10. The van der Waals surface area contributed by atoms with Crippen molar-refractivity contribution in [1.29, 1.82) is 0 Å². The number of aromatic nitrogens is 1. The van der Waals surface area contributed by atoms with E-state index in [2.05, 4.69) is 14.9 Å². The second-order valence-electron chi connectivity index (χ2n) is 8.21. The number of nitrogens with one attached hydrogen (secondary N) is 1. The van der Waals surface area contributed by atoms with Gasteiger partial charge in [-0.3, -0.25) is 4.79 Å². The average Bonchev–Trinajstić information content (AvgIpc) is 3.24. The number of nitrogens with zero attached hydrogens (tertiary/aromatic N) is 2. The Balaban J connectivity index is 1.60. The molecule has 1 aromatic heterocycles. The van der Waals surface area contributed by atoms with Crippen LogP contribution in [0.15, 0.2) is 47.5 Å². The van der Waals surface area contributed by atoms with Crippen molar-refractivity contribution < 1.29 is 14.6 Å². The van der Waals surface area contributed by atoms with Crippen LogP contribution < -0.4 is 4.74 Å². The number of carbonyl (C=O) groups excluding carboxylic acids is 1. The van der Waals surface area contributed by atoms with Crippen LogP contribution in [0.4, 0.5) is 0 Å². The maximum Gasteiger partial charge on any atom is 0.280 e. The first-order chi connectivity index (χ1) is 14.8. The Kier molecular flexibility index (Phi) is 5.65. The first-order valence-electron chi connectivity index (χ1n) is 10.4. The van der Waals surface area contributed by atoms with Gasteiger partial charge < -0.3 is 19.7 Å². The normalized spacial score (nSPS) is 12.9. The molecular weight excluding hydrogens is 390 g/mol. The van der Waals surface area contributed by atoms with Crippen molar-refractivity contribution in [2.45, 2.75) is 20.3 Å². The highest BCUT2D eigenvalue weighted by Crippen LogP contribution is 2.38. The first-order valence-corrected chi connectivity index (χ1v) is 10.4. The zero-order valence-corrected chi connectivity index (χ0v) is 18.3. The van der Waals surface area contributed by atoms with E-state index in [1.54, 1.807) is 0 Å². The van der Waals surface area contributed by atoms with Crippen LogP contribution in [0.3, 0.4) is 0 Å². The van der Waals surface area contributed by atoms with E-state index in [1.807, 2.05) is 70.4 Å². The number of rotatable bonds is 7. The maximum absolute atomic E-state index is 12.8. The van der Waals surface area contributed by atoms with Crippen LogP contribution in [0, 0.1) is 13.8 Å². The molecule has 4 rings (SSSR count). The third-order valence-corrected chi connectivity index (χ3v) is 5.44. The second kappa shape index (κ2) is 8.40. The minimum Gasteiger partial charge on any atom is -0.494 e. The van der Waals surface area contributed by atoms with Gasteiger partial charge in [0.15, 0.2) is 5.88 Å². The number of ether oxygens (including phenoxy) is 1. The third kappa shape index (κ3) is 4.11. The molecule has 1 aliphatic rings. The van der Waals surface area contributed by atoms with E-state index in [4.69, 9.17) is 4.74 Å². The number of benzene rings is 2. The molecule has 1 amide bonds. The molecule has 6 nitrogen and oxygen atoms in total. The Bertz CT molecular complexity index is 1160. The van der Waals surface area contributed by atoms with Gasteiger partial charge in [-0.1, -0.05) is 23.8 Å². The van der Waals surface area contributed by atoms with Gasteiger partial charge >= 0.3 is 0 Å². The predicted molar refractivity (Wildman–Crippen MR) is 122 cm³/mol. The van der Waals surface area contributed by atoms with Crippen molar-refractivity contribution >= 4 is 11.6 Å². The van der Waals surface area contributed by atoms with E-state index in [1.165, 1.54) is 0 Å². The van der Waals surface area contributed by atoms with E-state index in [0.717, 1.165) is 41.0 Å². The van der Waals surface area contributed by atoms with Gasteiger partial charge in [0.2, 0.25) is 0 Å². The van der Waals surface area contributed by atoms with Crippen LogP contribution in [0.2, 0.25) is 0 Å². The minimum absolute atomic E-state index is 0.0430. The van der Waals surface area contributed by atoms with Crippen molar-refractivity contribution in [2.24, 2.45) is 4.99 Å². The van der Waals surface area contributed by atoms with Crippen molar-refractivity contribution in [3.05, 3.63) is 70.3 Å². The molecule has 1 aliphatic heterocycles. The fourth-order valence-corrected chi connectivity index (χ4v) is 3.92. The number of fused-ring (bicyclic) bond motifs is 1. The lowest BCUT2D eigenvalue weighted by Crippen LogP contribution is -2.15. The average molecular weight is 418 g/mol. The molecule has 0 aliphatic carbocycles. The zero-order valence-electron chi connectivity index (χ0n) is 18.3. The quantitative estimate of drug-likeness (QED) is 0.561. The van der Waals surface area contributed by atoms with Crippen LogP contribution in [0.25, 0.3) is 11.3 Å². The molecule has 0 saturated heterocycles. The van der Waals surface area contributed by atoms with Crippen LogP contribution in [-0.4, -0.2) is 53.9 Å². The second-order valence-corrected chi connectivity index (χ2v) is 8.21. The molecule has 160 valence electrons. The number of H-pyrrole nitrogens is 1. The molecule has 2 N–H and O–H groups in total. The number of hydrogen-bond donors (Lipinski definition) is 2. The third-order valence-electron chi connectivity index (χ3n) is 5.44. The SMILES string of the molecule is Cc1ccc(C2=NC(=O)c3c(-c4ccc(OCCCN(C)C)cc4)[nH]c(O)c32)c(C)c1. The fourth-order valence-electron chi connectivity index (χ4n) is 3.92. The molecule has 0 saturated carbocycles. The summed E-state index contributed by atoms with van der Waals surface area (Å²) in [6.45, 7) is 5.61. The van der Waals surface area contributed by atoms with Gasteiger partial charge in [0, 0.05) is 12.1 Å². The van der Waals surface area contributed by atoms with E-state index in [-0.39, 0.29) is 11.8 Å². The number of carbonyl (C=O) groups is 1. The lowest BCUT2D eigenvalue weighted by molar-refractivity contribution is 0.101. The number of aryl methyl sites for hydroxylation is 2. The molecule has 6 heteroatoms. The van der Waals surface area contributed by atoms with E-state index >= 15 is 0 Å². The van der Waals surface area contributed by atoms with Crippen LogP contribution in [-0.2, 0) is 0 Å². The summed E-state index contributed by atoms with van der Waals surface area (Å²) in [7, 11) is 4.07. The van der Waals surface area contributed by atoms with E-state index in [0.29, 0.717) is 29.1 Å². The van der Waals surface area contributed by atoms with E-state index < -0.39 is 0 Å². The molecule has 0 unspecified atom stereocenters. The monoisotopic (exact) mass is 417 g/mol. The topological polar surface area (TPSA) is 77.9 Å². The van der Waals surface area contributed by atoms with Gasteiger partial charge in [0.25, 0.3) is 5.91 Å². The van der Waals surface area contributed by atoms with Crippen molar-refractivity contribution in [3.8, 4) is 22.9 Å². The summed E-state index contributed by atoms with van der Waals surface area (Å²) in [4.78, 5) is 22.2. The van der Waals surface area contributed by atoms with Gasteiger partial charge in [-0.2, -0.15) is 0 Å². The highest BCUT2D eigenvalue weighted by atomic mass is 16.5. The van der Waals surface area contributed by atoms with Crippen LogP contribution in [0.5, 0.6) is 11.6 Å². The summed E-state index contributed by atoms with van der Waals surface area (Å²) in [6.07, 6.45) is 0.944. The van der Waals surface area contributed by atoms with Gasteiger partial charge in [-0.25, -0.2) is 4.99 Å². The van der Waals surface area contributed by atoms with Crippen molar-refractivity contribution in [2.75, 3.05) is 27.2 Å². The molecule has 0 bridgehead atoms. The van der Waals surface area contributed by atoms with Crippen LogP contribution >= 0.6 is 0 Å². The maximum atomic E-state index is 12.8. The van der Waals surface area contributed by atoms with Gasteiger partial charge in [0.05, 0.1) is 29.1 Å². The standard InChI is InChI=1S/C25H27N3O3/c1-15-6-11-19(16(2)14-15)23-21-20(24(29)27-23)22(26-25(21)30)17-7-9-18(10-8-17)31-13-5-12-28(3)4/h6-11,14,26,30H,5,12-13H2,1-4H3. The largest absolute Gasteiger partial charge is 0.494 e. The van der Waals surface area contributed by atoms with Gasteiger partial charge in [0.1, 0.15) is 5.75 Å². The Morgan fingerprint density at radius 1 is 1.06 bits per heavy atom. The molecular formula is C25H27N3O3. The molecule has 3 aromatic rings. The van der Waals surface area contributed by atoms with Crippen LogP contribution in [0.1, 0.15) is 39.0 Å². The Morgan fingerprint density at radius 2 is 1.81 bits per heavy atom. The highest BCUT2D eigenvalue weighted by molar-refractivity contribution is 6.30. The zero-order chi connectivity index (χ0) is 22.1. The minimum atomic E-state index is -0.347. The van der Waals surface area contributed by atoms with Gasteiger partial charge in [-0.05, 0) is 69.8 Å². The number of amides is 1. The summed E-state index contributed by atoms with van der Waals surface area (Å²) >= 11 is 0. The number of aromatic hydroxyl groups is 1. The molecule has 0 fully saturated rings. The Hall–Kier alpha value is -3.38. The molecule has 0 atom stereocenters. The molecule has 31 heavy (non-hydrogen) atoms. The summed E-state index contributed by atoms with van der Waals surface area (Å²) < 4.78 is 5.79. The smallest absolute Gasteiger partial charge is 0.280 e. The molecule has 2 aromatic carbocycles. The lowest BCUT2D eigenvalue weighted by atomic mass is 9.96. The highest BCUT2D eigenvalue weighted by Gasteiger charge is 2.33. The van der Waals surface area contributed by atoms with E-state index in [9.17, 15) is 9.90 Å². The molecule has 0 radical (unpaired) electrons. The van der Waals surface area contributed by atoms with Gasteiger partial charge in [-0.15, -0.1) is 0 Å².